The van der Waals surface area contributed by atoms with Crippen molar-refractivity contribution in [2.24, 2.45) is 0 Å². The fraction of sp³-hybridized carbons (Fsp3) is 0.200. The Balaban J connectivity index is 2.48. The summed E-state index contributed by atoms with van der Waals surface area (Å²) >= 11 is 0. The minimum atomic E-state index is -0.0314. The summed E-state index contributed by atoms with van der Waals surface area (Å²) in [5, 5.41) is 19.9. The van der Waals surface area contributed by atoms with Gasteiger partial charge in [-0.05, 0) is 18.6 Å². The summed E-state index contributed by atoms with van der Waals surface area (Å²) in [6.45, 7) is 3.85. The minimum Gasteiger partial charge on any atom is -0.508 e. The molecule has 0 fully saturated rings. The van der Waals surface area contributed by atoms with Crippen LogP contribution in [-0.2, 0) is 0 Å². The molecule has 17 heavy (non-hydrogen) atoms. The van der Waals surface area contributed by atoms with E-state index < -0.39 is 0 Å². The minimum absolute atomic E-state index is 0.0314. The van der Waals surface area contributed by atoms with E-state index in [1.54, 1.807) is 12.1 Å². The molecule has 0 bridgehead atoms. The third kappa shape index (κ3) is 2.11. The first kappa shape index (κ1) is 11.5. The molecule has 2 N–H and O–H groups in total. The summed E-state index contributed by atoms with van der Waals surface area (Å²) in [6, 6.07) is 12.9. The van der Waals surface area contributed by atoms with Crippen molar-refractivity contribution in [2.75, 3.05) is 0 Å². The maximum Gasteiger partial charge on any atom is 0.122 e. The van der Waals surface area contributed by atoms with Crippen LogP contribution in [-0.4, -0.2) is 10.2 Å². The maximum atomic E-state index is 10.0. The Labute approximate surface area is 101 Å². The quantitative estimate of drug-likeness (QED) is 0.825. The molecule has 88 valence electrons. The van der Waals surface area contributed by atoms with Gasteiger partial charge in [0, 0.05) is 17.0 Å². The van der Waals surface area contributed by atoms with E-state index in [4.69, 9.17) is 0 Å². The van der Waals surface area contributed by atoms with E-state index in [1.165, 1.54) is 0 Å². The highest BCUT2D eigenvalue weighted by atomic mass is 16.3. The maximum absolute atomic E-state index is 10.0. The highest BCUT2D eigenvalue weighted by Crippen LogP contribution is 2.36. The van der Waals surface area contributed by atoms with E-state index >= 15 is 0 Å². The second-order valence-electron chi connectivity index (χ2n) is 4.29. The van der Waals surface area contributed by atoms with Gasteiger partial charge in [-0.15, -0.1) is 0 Å². The second kappa shape index (κ2) is 4.50. The van der Waals surface area contributed by atoms with Crippen molar-refractivity contribution in [3.63, 3.8) is 0 Å². The van der Waals surface area contributed by atoms with E-state index in [0.29, 0.717) is 5.75 Å². The predicted octanol–water partition coefficient (Wildman–Crippen LogP) is 3.56. The summed E-state index contributed by atoms with van der Waals surface area (Å²) in [6.07, 6.45) is 0. The van der Waals surface area contributed by atoms with Crippen molar-refractivity contribution >= 4 is 0 Å². The van der Waals surface area contributed by atoms with E-state index in [1.807, 2.05) is 44.2 Å². The molecular weight excluding hydrogens is 212 g/mol. The van der Waals surface area contributed by atoms with E-state index in [2.05, 4.69) is 0 Å². The molecule has 0 aliphatic rings. The lowest BCUT2D eigenvalue weighted by Crippen LogP contribution is -1.97. The fourth-order valence-corrected chi connectivity index (χ4v) is 2.05. The fourth-order valence-electron chi connectivity index (χ4n) is 2.05. The van der Waals surface area contributed by atoms with Crippen LogP contribution in [0.15, 0.2) is 42.5 Å². The molecule has 0 amide bonds. The number of benzene rings is 2. The lowest BCUT2D eigenvalue weighted by atomic mass is 9.90. The Kier molecular flexibility index (Phi) is 3.05. The van der Waals surface area contributed by atoms with Gasteiger partial charge in [-0.2, -0.15) is 0 Å². The average Bonchev–Trinajstić information content (AvgIpc) is 2.32. The molecule has 0 aliphatic carbocycles. The third-order valence-corrected chi connectivity index (χ3v) is 3.14. The van der Waals surface area contributed by atoms with Crippen molar-refractivity contribution in [1.82, 2.24) is 0 Å². The van der Waals surface area contributed by atoms with E-state index in [-0.39, 0.29) is 11.7 Å². The van der Waals surface area contributed by atoms with Crippen LogP contribution in [0.5, 0.6) is 11.5 Å². The van der Waals surface area contributed by atoms with Crippen molar-refractivity contribution in [3.05, 3.63) is 59.2 Å². The Morgan fingerprint density at radius 3 is 2.24 bits per heavy atom. The standard InChI is InChI=1S/C15H16O2/c1-10-6-5-8-13(15(10)17)11(2)12-7-3-4-9-14(12)16/h3-9,11,16-17H,1-2H3. The van der Waals surface area contributed by atoms with Gasteiger partial charge in [0.2, 0.25) is 0 Å². The van der Waals surface area contributed by atoms with Crippen LogP contribution in [0.25, 0.3) is 0 Å². The molecule has 2 aromatic rings. The molecule has 1 atom stereocenters. The zero-order chi connectivity index (χ0) is 12.4. The van der Waals surface area contributed by atoms with Gasteiger partial charge in [0.1, 0.15) is 11.5 Å². The molecule has 0 spiro atoms. The molecule has 0 aromatic heterocycles. The highest BCUT2D eigenvalue weighted by Gasteiger charge is 2.16. The molecule has 0 heterocycles. The summed E-state index contributed by atoms with van der Waals surface area (Å²) < 4.78 is 0. The normalized spacial score (nSPS) is 12.4. The molecule has 0 radical (unpaired) electrons. The molecular formula is C15H16O2. The first-order chi connectivity index (χ1) is 8.11. The summed E-state index contributed by atoms with van der Waals surface area (Å²) in [5.74, 6) is 0.542. The van der Waals surface area contributed by atoms with Crippen LogP contribution in [0.4, 0.5) is 0 Å². The van der Waals surface area contributed by atoms with Crippen LogP contribution in [0.1, 0.15) is 29.5 Å². The number of rotatable bonds is 2. The topological polar surface area (TPSA) is 40.5 Å². The molecule has 2 heteroatoms. The van der Waals surface area contributed by atoms with Gasteiger partial charge in [-0.1, -0.05) is 43.3 Å². The first-order valence-corrected chi connectivity index (χ1v) is 5.67. The average molecular weight is 228 g/mol. The van der Waals surface area contributed by atoms with Gasteiger partial charge < -0.3 is 10.2 Å². The number of aromatic hydroxyl groups is 2. The highest BCUT2D eigenvalue weighted by molar-refractivity contribution is 5.48. The van der Waals surface area contributed by atoms with Crippen molar-refractivity contribution in [2.45, 2.75) is 19.8 Å². The number of aryl methyl sites for hydroxylation is 1. The number of phenolic OH excluding ortho intramolecular Hbond substituents is 2. The summed E-state index contributed by atoms with van der Waals surface area (Å²) in [7, 11) is 0. The number of hydrogen-bond acceptors (Lipinski definition) is 2. The lowest BCUT2D eigenvalue weighted by molar-refractivity contribution is 0.454. The van der Waals surface area contributed by atoms with Gasteiger partial charge in [-0.3, -0.25) is 0 Å². The van der Waals surface area contributed by atoms with Crippen LogP contribution >= 0.6 is 0 Å². The van der Waals surface area contributed by atoms with Gasteiger partial charge >= 0.3 is 0 Å². The third-order valence-electron chi connectivity index (χ3n) is 3.14. The Morgan fingerprint density at radius 2 is 1.53 bits per heavy atom. The summed E-state index contributed by atoms with van der Waals surface area (Å²) in [4.78, 5) is 0. The molecule has 0 saturated heterocycles. The SMILES string of the molecule is Cc1cccc(C(C)c2ccccc2O)c1O. The molecule has 2 aromatic carbocycles. The number of hydrogen-bond donors (Lipinski definition) is 2. The van der Waals surface area contributed by atoms with Crippen molar-refractivity contribution in [3.8, 4) is 11.5 Å². The number of para-hydroxylation sites is 2. The van der Waals surface area contributed by atoms with Gasteiger partial charge in [0.15, 0.2) is 0 Å². The van der Waals surface area contributed by atoms with Crippen LogP contribution < -0.4 is 0 Å². The zero-order valence-corrected chi connectivity index (χ0v) is 10.0. The van der Waals surface area contributed by atoms with Crippen LogP contribution in [0, 0.1) is 6.92 Å². The van der Waals surface area contributed by atoms with Gasteiger partial charge in [0.05, 0.1) is 0 Å². The Bertz CT molecular complexity index is 532. The number of phenols is 2. The summed E-state index contributed by atoms with van der Waals surface area (Å²) in [5.41, 5.74) is 2.52. The van der Waals surface area contributed by atoms with Gasteiger partial charge in [-0.25, -0.2) is 0 Å². The van der Waals surface area contributed by atoms with E-state index in [9.17, 15) is 10.2 Å². The van der Waals surface area contributed by atoms with Crippen molar-refractivity contribution in [1.29, 1.82) is 0 Å². The Morgan fingerprint density at radius 1 is 0.882 bits per heavy atom. The molecule has 0 saturated carbocycles. The second-order valence-corrected chi connectivity index (χ2v) is 4.29. The van der Waals surface area contributed by atoms with Crippen molar-refractivity contribution < 1.29 is 10.2 Å². The van der Waals surface area contributed by atoms with Crippen LogP contribution in [0.2, 0.25) is 0 Å². The predicted molar refractivity (Wildman–Crippen MR) is 68.5 cm³/mol. The van der Waals surface area contributed by atoms with Gasteiger partial charge in [0.25, 0.3) is 0 Å². The smallest absolute Gasteiger partial charge is 0.122 e. The van der Waals surface area contributed by atoms with Crippen LogP contribution in [0.3, 0.4) is 0 Å². The van der Waals surface area contributed by atoms with E-state index in [0.717, 1.165) is 16.7 Å². The zero-order valence-electron chi connectivity index (χ0n) is 10.0. The monoisotopic (exact) mass is 228 g/mol. The molecule has 2 rings (SSSR count). The largest absolute Gasteiger partial charge is 0.508 e. The molecule has 2 nitrogen and oxygen atoms in total. The Hall–Kier alpha value is -1.96. The molecule has 0 aliphatic heterocycles. The first-order valence-electron chi connectivity index (χ1n) is 5.67. The lowest BCUT2D eigenvalue weighted by Gasteiger charge is -2.16. The molecule has 1 unspecified atom stereocenters.